The number of sulfonamides is 1. The van der Waals surface area contributed by atoms with Crippen molar-refractivity contribution < 1.29 is 13.2 Å². The van der Waals surface area contributed by atoms with E-state index in [1.807, 2.05) is 27.7 Å². The maximum atomic E-state index is 12.8. The van der Waals surface area contributed by atoms with Crippen molar-refractivity contribution in [2.24, 2.45) is 0 Å². The second-order valence-electron chi connectivity index (χ2n) is 5.91. The van der Waals surface area contributed by atoms with Crippen molar-refractivity contribution in [3.05, 3.63) is 23.3 Å². The lowest BCUT2D eigenvalue weighted by atomic mass is 10.1. The Morgan fingerprint density at radius 3 is 2.55 bits per heavy atom. The van der Waals surface area contributed by atoms with Crippen molar-refractivity contribution in [2.75, 3.05) is 25.4 Å². The van der Waals surface area contributed by atoms with Crippen molar-refractivity contribution in [3.63, 3.8) is 0 Å². The summed E-state index contributed by atoms with van der Waals surface area (Å²) in [6.07, 6.45) is 0. The highest BCUT2D eigenvalue weighted by Crippen LogP contribution is 2.28. The molecule has 0 aliphatic carbocycles. The van der Waals surface area contributed by atoms with Crippen molar-refractivity contribution in [3.8, 4) is 0 Å². The largest absolute Gasteiger partial charge is 0.399 e. The van der Waals surface area contributed by atoms with Gasteiger partial charge in [0, 0.05) is 18.8 Å². The molecular weight excluding hydrogens is 276 g/mol. The van der Waals surface area contributed by atoms with Gasteiger partial charge >= 0.3 is 0 Å². The number of anilines is 1. The zero-order valence-electron chi connectivity index (χ0n) is 12.4. The quantitative estimate of drug-likeness (QED) is 0.843. The van der Waals surface area contributed by atoms with E-state index in [9.17, 15) is 8.42 Å². The minimum absolute atomic E-state index is 0.299. The molecule has 0 radical (unpaired) electrons. The SMILES string of the molecule is Cc1cc(N)cc(S(=O)(=O)N2CCOC(C)(C)C2)c1C. The summed E-state index contributed by atoms with van der Waals surface area (Å²) >= 11 is 0. The average Bonchev–Trinajstić information content (AvgIpc) is 2.32. The molecule has 0 atom stereocenters. The molecule has 0 saturated carbocycles. The molecule has 2 N–H and O–H groups in total. The normalized spacial score (nSPS) is 20.0. The van der Waals surface area contributed by atoms with E-state index < -0.39 is 15.6 Å². The van der Waals surface area contributed by atoms with E-state index in [1.54, 1.807) is 12.1 Å². The zero-order valence-corrected chi connectivity index (χ0v) is 13.3. The molecular formula is C14H22N2O3S. The van der Waals surface area contributed by atoms with Gasteiger partial charge in [0.1, 0.15) is 0 Å². The van der Waals surface area contributed by atoms with E-state index in [0.717, 1.165) is 11.1 Å². The van der Waals surface area contributed by atoms with E-state index >= 15 is 0 Å². The summed E-state index contributed by atoms with van der Waals surface area (Å²) in [5, 5.41) is 0. The van der Waals surface area contributed by atoms with Crippen molar-refractivity contribution >= 4 is 15.7 Å². The van der Waals surface area contributed by atoms with Gasteiger partial charge in [0.15, 0.2) is 0 Å². The van der Waals surface area contributed by atoms with Crippen LogP contribution in [0.25, 0.3) is 0 Å². The summed E-state index contributed by atoms with van der Waals surface area (Å²) in [5.74, 6) is 0. The second kappa shape index (κ2) is 5.02. The highest BCUT2D eigenvalue weighted by atomic mass is 32.2. The number of nitrogens with two attached hydrogens (primary N) is 1. The third-order valence-corrected chi connectivity index (χ3v) is 5.62. The fourth-order valence-corrected chi connectivity index (χ4v) is 4.35. The van der Waals surface area contributed by atoms with Crippen molar-refractivity contribution in [1.29, 1.82) is 0 Å². The monoisotopic (exact) mass is 298 g/mol. The van der Waals surface area contributed by atoms with E-state index in [4.69, 9.17) is 10.5 Å². The summed E-state index contributed by atoms with van der Waals surface area (Å²) in [6.45, 7) is 8.60. The number of benzene rings is 1. The zero-order chi connectivity index (χ0) is 15.1. The van der Waals surface area contributed by atoms with Gasteiger partial charge in [0.2, 0.25) is 10.0 Å². The first-order chi connectivity index (χ1) is 9.13. The minimum atomic E-state index is -3.54. The second-order valence-corrected chi connectivity index (χ2v) is 7.81. The molecule has 1 saturated heterocycles. The number of nitrogen functional groups attached to an aromatic ring is 1. The third kappa shape index (κ3) is 2.82. The number of rotatable bonds is 2. The topological polar surface area (TPSA) is 72.6 Å². The van der Waals surface area contributed by atoms with Crippen molar-refractivity contribution in [2.45, 2.75) is 38.2 Å². The maximum Gasteiger partial charge on any atom is 0.243 e. The molecule has 1 aromatic rings. The molecule has 6 heteroatoms. The molecule has 20 heavy (non-hydrogen) atoms. The van der Waals surface area contributed by atoms with Gasteiger partial charge in [-0.1, -0.05) is 0 Å². The van der Waals surface area contributed by atoms with E-state index in [2.05, 4.69) is 0 Å². The van der Waals surface area contributed by atoms with Crippen LogP contribution in [0.1, 0.15) is 25.0 Å². The Balaban J connectivity index is 2.46. The lowest BCUT2D eigenvalue weighted by Crippen LogP contribution is -2.50. The molecule has 1 aliphatic rings. The van der Waals surface area contributed by atoms with Crippen LogP contribution in [0.15, 0.2) is 17.0 Å². The first-order valence-corrected chi connectivity index (χ1v) is 8.08. The Morgan fingerprint density at radius 1 is 1.30 bits per heavy atom. The predicted octanol–water partition coefficient (Wildman–Crippen LogP) is 1.69. The fourth-order valence-electron chi connectivity index (χ4n) is 2.44. The predicted molar refractivity (Wildman–Crippen MR) is 79.1 cm³/mol. The van der Waals surface area contributed by atoms with Crippen molar-refractivity contribution in [1.82, 2.24) is 4.31 Å². The van der Waals surface area contributed by atoms with Gasteiger partial charge in [0.05, 0.1) is 17.1 Å². The fraction of sp³-hybridized carbons (Fsp3) is 0.571. The Morgan fingerprint density at radius 2 is 1.95 bits per heavy atom. The standard InChI is InChI=1S/C14H22N2O3S/c1-10-7-12(15)8-13(11(10)2)20(17,18)16-5-6-19-14(3,4)9-16/h7-8H,5-6,9,15H2,1-4H3. The van der Waals surface area contributed by atoms with Gasteiger partial charge in [-0.25, -0.2) is 8.42 Å². The Kier molecular flexibility index (Phi) is 3.83. The molecule has 0 aromatic heterocycles. The highest BCUT2D eigenvalue weighted by molar-refractivity contribution is 7.89. The number of hydrogen-bond donors (Lipinski definition) is 1. The first kappa shape index (κ1) is 15.3. The van der Waals surface area contributed by atoms with Gasteiger partial charge in [-0.2, -0.15) is 4.31 Å². The van der Waals surface area contributed by atoms with Gasteiger partial charge in [-0.05, 0) is 51.0 Å². The summed E-state index contributed by atoms with van der Waals surface area (Å²) in [7, 11) is -3.54. The van der Waals surface area contributed by atoms with Crippen LogP contribution in [-0.2, 0) is 14.8 Å². The molecule has 1 aliphatic heterocycles. The summed E-state index contributed by atoms with van der Waals surface area (Å²) in [5.41, 5.74) is 7.45. The Hall–Kier alpha value is -1.11. The van der Waals surface area contributed by atoms with Crippen LogP contribution in [0.5, 0.6) is 0 Å². The van der Waals surface area contributed by atoms with Gasteiger partial charge < -0.3 is 10.5 Å². The molecule has 0 amide bonds. The number of aryl methyl sites for hydroxylation is 1. The lowest BCUT2D eigenvalue weighted by Gasteiger charge is -2.37. The van der Waals surface area contributed by atoms with Crippen LogP contribution in [0, 0.1) is 13.8 Å². The molecule has 5 nitrogen and oxygen atoms in total. The lowest BCUT2D eigenvalue weighted by molar-refractivity contribution is -0.0640. The van der Waals surface area contributed by atoms with Crippen LogP contribution >= 0.6 is 0 Å². The summed E-state index contributed by atoms with van der Waals surface area (Å²) in [6, 6.07) is 3.33. The number of morpholine rings is 1. The first-order valence-electron chi connectivity index (χ1n) is 6.64. The van der Waals surface area contributed by atoms with E-state index in [1.165, 1.54) is 4.31 Å². The average molecular weight is 298 g/mol. The van der Waals surface area contributed by atoms with Crippen LogP contribution < -0.4 is 5.73 Å². The molecule has 0 bridgehead atoms. The smallest absolute Gasteiger partial charge is 0.243 e. The molecule has 112 valence electrons. The van der Waals surface area contributed by atoms with Crippen LogP contribution in [0.3, 0.4) is 0 Å². The van der Waals surface area contributed by atoms with Gasteiger partial charge in [-0.15, -0.1) is 0 Å². The number of ether oxygens (including phenoxy) is 1. The Labute approximate surface area is 120 Å². The Bertz CT molecular complexity index is 624. The third-order valence-electron chi connectivity index (χ3n) is 3.65. The van der Waals surface area contributed by atoms with Crippen LogP contribution in [-0.4, -0.2) is 38.0 Å². The molecule has 2 rings (SSSR count). The van der Waals surface area contributed by atoms with Gasteiger partial charge in [-0.3, -0.25) is 0 Å². The summed E-state index contributed by atoms with van der Waals surface area (Å²) in [4.78, 5) is 0.299. The number of nitrogens with zero attached hydrogens (tertiary/aromatic N) is 1. The van der Waals surface area contributed by atoms with Crippen LogP contribution in [0.4, 0.5) is 5.69 Å². The molecule has 0 spiro atoms. The molecule has 0 unspecified atom stereocenters. The molecule has 1 heterocycles. The minimum Gasteiger partial charge on any atom is -0.399 e. The molecule has 1 aromatic carbocycles. The summed E-state index contributed by atoms with van der Waals surface area (Å²) < 4.78 is 32.7. The maximum absolute atomic E-state index is 12.8. The van der Waals surface area contributed by atoms with Gasteiger partial charge in [0.25, 0.3) is 0 Å². The van der Waals surface area contributed by atoms with E-state index in [-0.39, 0.29) is 0 Å². The highest BCUT2D eigenvalue weighted by Gasteiger charge is 2.35. The molecule has 1 fully saturated rings. The number of hydrogen-bond acceptors (Lipinski definition) is 4. The van der Waals surface area contributed by atoms with Crippen LogP contribution in [0.2, 0.25) is 0 Å². The van der Waals surface area contributed by atoms with E-state index in [0.29, 0.717) is 30.3 Å².